The molecule has 0 aliphatic heterocycles. The zero-order chi connectivity index (χ0) is 46.1. The minimum Gasteiger partial charge on any atom is -0.381 e. The van der Waals surface area contributed by atoms with Crippen molar-refractivity contribution in [2.45, 2.75) is 60.0 Å². The number of benzene rings is 2. The smallest absolute Gasteiger partial charge is 0.314 e. The number of para-hydroxylation sites is 2. The SMILES string of the molecule is CCC.CNC(=O)NC.CNCOCC(=O)NC.COCNCNC(C)=O.COCNCNC(C)=O.[CH2-][C@H](C)n1c2ccccc2c2ccccc21.[CH2-][C@H](C)n1cccc1.[Y]. The molecule has 0 saturated heterocycles. The zero-order valence-electron chi connectivity index (χ0n) is 38.8. The number of aromatic nitrogens is 2. The summed E-state index contributed by atoms with van der Waals surface area (Å²) in [6.45, 7) is 21.7. The number of rotatable bonds is 14. The van der Waals surface area contributed by atoms with Crippen LogP contribution in [0, 0.1) is 13.8 Å². The van der Waals surface area contributed by atoms with E-state index in [4.69, 9.17) is 4.74 Å². The predicted octanol–water partition coefficient (Wildman–Crippen LogP) is 4.50. The van der Waals surface area contributed by atoms with E-state index in [-0.39, 0.29) is 69.1 Å². The van der Waals surface area contributed by atoms with E-state index in [0.29, 0.717) is 39.6 Å². The van der Waals surface area contributed by atoms with Crippen molar-refractivity contribution in [3.8, 4) is 0 Å². The monoisotopic (exact) mass is 933 g/mol. The summed E-state index contributed by atoms with van der Waals surface area (Å²) in [5.74, 6) is -0.192. The van der Waals surface area contributed by atoms with Gasteiger partial charge in [0.25, 0.3) is 0 Å². The molecule has 0 bridgehead atoms. The number of carbonyl (C=O) groups is 4. The van der Waals surface area contributed by atoms with Gasteiger partial charge in [-0.25, -0.2) is 4.79 Å². The van der Waals surface area contributed by atoms with Gasteiger partial charge in [-0.3, -0.25) is 30.3 Å². The van der Waals surface area contributed by atoms with E-state index in [1.54, 1.807) is 42.4 Å². The van der Waals surface area contributed by atoms with Crippen molar-refractivity contribution in [3.05, 3.63) is 86.9 Å². The van der Waals surface area contributed by atoms with E-state index in [9.17, 15) is 19.2 Å². The van der Waals surface area contributed by atoms with E-state index in [0.717, 1.165) is 0 Å². The van der Waals surface area contributed by atoms with Gasteiger partial charge in [0.05, 0.1) is 33.5 Å². The maximum absolute atomic E-state index is 10.4. The molecule has 0 saturated carbocycles. The van der Waals surface area contributed by atoms with Crippen LogP contribution < -0.4 is 42.5 Å². The van der Waals surface area contributed by atoms with Crippen LogP contribution >= 0.6 is 0 Å². The number of hydrogen-bond acceptors (Lipinski definition) is 10. The van der Waals surface area contributed by atoms with Crippen molar-refractivity contribution >= 4 is 45.6 Å². The van der Waals surface area contributed by atoms with Crippen molar-refractivity contribution in [2.24, 2.45) is 0 Å². The molecule has 2 aromatic heterocycles. The summed E-state index contributed by atoms with van der Waals surface area (Å²) in [4.78, 5) is 40.8. The second-order valence-electron chi connectivity index (χ2n) is 12.5. The van der Waals surface area contributed by atoms with Crippen molar-refractivity contribution in [3.63, 3.8) is 0 Å². The molecule has 5 amide bonds. The first kappa shape index (κ1) is 63.7. The third-order valence-corrected chi connectivity index (χ3v) is 6.82. The number of methoxy groups -OCH3 is 2. The number of nitrogens with zero attached hydrogens (tertiary/aromatic N) is 2. The van der Waals surface area contributed by atoms with Crippen LogP contribution in [0.3, 0.4) is 0 Å². The van der Waals surface area contributed by atoms with Gasteiger partial charge in [0, 0.05) is 116 Å². The molecule has 8 N–H and O–H groups in total. The fraction of sp³-hybridized carbons (Fsp3) is 0.488. The maximum Gasteiger partial charge on any atom is 0.314 e. The minimum absolute atomic E-state index is 0. The summed E-state index contributed by atoms with van der Waals surface area (Å²) in [5.41, 5.74) is 2.54. The van der Waals surface area contributed by atoms with Gasteiger partial charge >= 0.3 is 6.03 Å². The second-order valence-corrected chi connectivity index (χ2v) is 12.5. The molecule has 18 heteroatoms. The first-order valence-electron chi connectivity index (χ1n) is 19.6. The molecule has 0 fully saturated rings. The van der Waals surface area contributed by atoms with Crippen LogP contribution in [0.1, 0.15) is 60.0 Å². The summed E-state index contributed by atoms with van der Waals surface area (Å²) >= 11 is 0. The largest absolute Gasteiger partial charge is 0.381 e. The fourth-order valence-corrected chi connectivity index (χ4v) is 4.19. The van der Waals surface area contributed by atoms with Crippen molar-refractivity contribution < 1.29 is 66.1 Å². The summed E-state index contributed by atoms with van der Waals surface area (Å²) in [6.07, 6.45) is 5.27. The number of likely N-dealkylation sites (N-methyl/N-ethyl adjacent to an activating group) is 1. The molecule has 0 aliphatic rings. The van der Waals surface area contributed by atoms with Crippen molar-refractivity contribution in [2.75, 3.05) is 82.5 Å². The Morgan fingerprint density at radius 3 is 1.34 bits per heavy atom. The van der Waals surface area contributed by atoms with Gasteiger partial charge in [-0.05, 0) is 31.3 Å². The Kier molecular flexibility index (Phi) is 46.1. The summed E-state index contributed by atoms with van der Waals surface area (Å²) in [6, 6.07) is 21.5. The molecule has 4 rings (SSSR count). The molecule has 2 atom stereocenters. The number of carbonyl (C=O) groups excluding carboxylic acids is 4. The van der Waals surface area contributed by atoms with Gasteiger partial charge in [0.1, 0.15) is 6.61 Å². The maximum atomic E-state index is 10.4. The van der Waals surface area contributed by atoms with Gasteiger partial charge in [-0.2, -0.15) is 0 Å². The van der Waals surface area contributed by atoms with E-state index < -0.39 is 0 Å². The number of ether oxygens (including phenoxy) is 3. The van der Waals surface area contributed by atoms with E-state index in [2.05, 4.69) is 151 Å². The predicted molar refractivity (Wildman–Crippen MR) is 245 cm³/mol. The Balaban J connectivity index is -0.000000324. The second kappa shape index (κ2) is 44.1. The molecule has 0 aliphatic carbocycles. The molecule has 1 radical (unpaired) electrons. The van der Waals surface area contributed by atoms with Crippen molar-refractivity contribution in [1.82, 2.24) is 51.7 Å². The van der Waals surface area contributed by atoms with Crippen LogP contribution in [-0.4, -0.2) is 115 Å². The molecule has 61 heavy (non-hydrogen) atoms. The standard InChI is InChI=1S/C15H14N.C7H10N.3C5H12N2O2.C3H8N2O.C3H8.Y/c1-11(2)16-14-9-5-3-7-12(14)13-8-4-6-10-15(13)16;1-7(2)8-5-3-4-6-8;1-6-4-9-3-5(8)7-2;2*1-5(8)7-3-6-4-9-2;1-4-3(6)5-2;1-3-2;/h3-11H,1H2,2H3;3-7H,1H2,2H3;3*6H,3-4H2,1-2H3,(H,7,8);1-2H3,(H2,4,5,6);3H2,1-2H3;/q2*-1;;;;;;/t11-;7-;;;;;;/m11....../s1. The normalized spacial score (nSPS) is 10.3. The Labute approximate surface area is 390 Å². The number of nitrogens with one attached hydrogen (secondary N) is 8. The zero-order valence-corrected chi connectivity index (χ0v) is 41.6. The molecular formula is C43H76N10O7Y-2. The molecule has 4 aromatic rings. The first-order chi connectivity index (χ1) is 28.7. The van der Waals surface area contributed by atoms with Crippen LogP contribution in [0.15, 0.2) is 73.1 Å². The van der Waals surface area contributed by atoms with Crippen LogP contribution in [-0.2, 0) is 61.3 Å². The Hall–Kier alpha value is -3.94. The van der Waals surface area contributed by atoms with E-state index in [1.165, 1.54) is 42.1 Å². The number of fused-ring (bicyclic) bond motifs is 3. The summed E-state index contributed by atoms with van der Waals surface area (Å²) in [7, 11) is 9.63. The first-order valence-corrected chi connectivity index (χ1v) is 19.6. The molecule has 2 heterocycles. The number of urea groups is 1. The topological polar surface area (TPSA) is 202 Å². The minimum atomic E-state index is -0.157. The van der Waals surface area contributed by atoms with Gasteiger partial charge in [0.15, 0.2) is 0 Å². The fourth-order valence-electron chi connectivity index (χ4n) is 4.19. The van der Waals surface area contributed by atoms with E-state index >= 15 is 0 Å². The Morgan fingerprint density at radius 2 is 1.07 bits per heavy atom. The Morgan fingerprint density at radius 1 is 0.656 bits per heavy atom. The number of amides is 5. The molecule has 0 spiro atoms. The third-order valence-electron chi connectivity index (χ3n) is 6.82. The third kappa shape index (κ3) is 35.4. The average molecular weight is 934 g/mol. The van der Waals surface area contributed by atoms with Gasteiger partial charge in [-0.15, -0.1) is 0 Å². The van der Waals surface area contributed by atoms with Gasteiger partial charge in [0.2, 0.25) is 17.7 Å². The quantitative estimate of drug-likeness (QED) is 0.0506. The van der Waals surface area contributed by atoms with Crippen LogP contribution in [0.4, 0.5) is 4.79 Å². The molecule has 17 nitrogen and oxygen atoms in total. The molecular weight excluding hydrogens is 857 g/mol. The van der Waals surface area contributed by atoms with Crippen LogP contribution in [0.5, 0.6) is 0 Å². The molecule has 0 unspecified atom stereocenters. The average Bonchev–Trinajstić information content (AvgIpc) is 3.90. The van der Waals surface area contributed by atoms with Crippen LogP contribution in [0.2, 0.25) is 0 Å². The van der Waals surface area contributed by atoms with E-state index in [1.807, 2.05) is 24.5 Å². The Bertz CT molecular complexity index is 1560. The van der Waals surface area contributed by atoms with Crippen LogP contribution in [0.25, 0.3) is 21.8 Å². The van der Waals surface area contributed by atoms with Gasteiger partial charge < -0.3 is 63.8 Å². The van der Waals surface area contributed by atoms with Gasteiger partial charge in [-0.1, -0.05) is 82.6 Å². The summed E-state index contributed by atoms with van der Waals surface area (Å²) in [5, 5.41) is 23.3. The number of hydrogen-bond donors (Lipinski definition) is 8. The van der Waals surface area contributed by atoms with Crippen molar-refractivity contribution in [1.29, 1.82) is 0 Å². The molecule has 345 valence electrons. The summed E-state index contributed by atoms with van der Waals surface area (Å²) < 4.78 is 18.5. The molecule has 2 aromatic carbocycles.